The molecule has 0 amide bonds. The van der Waals surface area contributed by atoms with Crippen molar-refractivity contribution in [2.45, 2.75) is 13.5 Å². The third-order valence-electron chi connectivity index (χ3n) is 3.30. The van der Waals surface area contributed by atoms with Gasteiger partial charge in [-0.2, -0.15) is 0 Å². The molecular formula is C14H18N4S. The van der Waals surface area contributed by atoms with Crippen LogP contribution in [0.25, 0.3) is 10.6 Å². The highest BCUT2D eigenvalue weighted by molar-refractivity contribution is 7.14. The summed E-state index contributed by atoms with van der Waals surface area (Å²) in [6, 6.07) is 8.44. The number of aryl methyl sites for hydroxylation is 1. The van der Waals surface area contributed by atoms with Gasteiger partial charge in [-0.3, -0.25) is 4.90 Å². The first-order valence-electron chi connectivity index (χ1n) is 6.64. The minimum absolute atomic E-state index is 0.922. The van der Waals surface area contributed by atoms with Crippen molar-refractivity contribution in [1.29, 1.82) is 0 Å². The van der Waals surface area contributed by atoms with Crippen LogP contribution in [0.2, 0.25) is 0 Å². The monoisotopic (exact) mass is 274 g/mol. The lowest BCUT2D eigenvalue weighted by atomic mass is 10.1. The van der Waals surface area contributed by atoms with Gasteiger partial charge in [0.05, 0.1) is 6.54 Å². The Morgan fingerprint density at radius 2 is 2.11 bits per heavy atom. The Morgan fingerprint density at radius 3 is 2.89 bits per heavy atom. The summed E-state index contributed by atoms with van der Waals surface area (Å²) < 4.78 is 0. The molecule has 0 aliphatic carbocycles. The van der Waals surface area contributed by atoms with Gasteiger partial charge in [0.2, 0.25) is 0 Å². The number of hydrogen-bond acceptors (Lipinski definition) is 5. The SMILES string of the molecule is Cc1cccc(-c2nnc(CN3CCNCC3)s2)c1. The molecule has 2 heterocycles. The number of piperazine rings is 1. The first-order chi connectivity index (χ1) is 9.31. The molecule has 1 N–H and O–H groups in total. The van der Waals surface area contributed by atoms with Crippen molar-refractivity contribution >= 4 is 11.3 Å². The van der Waals surface area contributed by atoms with Gasteiger partial charge < -0.3 is 5.32 Å². The second-order valence-electron chi connectivity index (χ2n) is 4.90. The van der Waals surface area contributed by atoms with Crippen molar-refractivity contribution < 1.29 is 0 Å². The standard InChI is InChI=1S/C14H18N4S/c1-11-3-2-4-12(9-11)14-17-16-13(19-14)10-18-7-5-15-6-8-18/h2-4,9,15H,5-8,10H2,1H3. The van der Waals surface area contributed by atoms with Crippen molar-refractivity contribution in [1.82, 2.24) is 20.4 Å². The van der Waals surface area contributed by atoms with E-state index in [4.69, 9.17) is 0 Å². The van der Waals surface area contributed by atoms with E-state index in [1.165, 1.54) is 11.1 Å². The highest BCUT2D eigenvalue weighted by atomic mass is 32.1. The highest BCUT2D eigenvalue weighted by Crippen LogP contribution is 2.24. The molecule has 4 nitrogen and oxygen atoms in total. The van der Waals surface area contributed by atoms with Crippen LogP contribution in [-0.4, -0.2) is 41.3 Å². The van der Waals surface area contributed by atoms with Gasteiger partial charge in [0, 0.05) is 31.7 Å². The number of nitrogens with one attached hydrogen (secondary N) is 1. The van der Waals surface area contributed by atoms with Crippen LogP contribution >= 0.6 is 11.3 Å². The Bertz CT molecular complexity index is 546. The van der Waals surface area contributed by atoms with E-state index in [9.17, 15) is 0 Å². The van der Waals surface area contributed by atoms with Gasteiger partial charge in [0.1, 0.15) is 10.0 Å². The van der Waals surface area contributed by atoms with Gasteiger partial charge in [-0.1, -0.05) is 35.1 Å². The van der Waals surface area contributed by atoms with Gasteiger partial charge in [-0.15, -0.1) is 10.2 Å². The quantitative estimate of drug-likeness (QED) is 0.928. The summed E-state index contributed by atoms with van der Waals surface area (Å²) in [5.74, 6) is 0. The van der Waals surface area contributed by atoms with E-state index in [0.29, 0.717) is 0 Å². The fourth-order valence-electron chi connectivity index (χ4n) is 2.27. The van der Waals surface area contributed by atoms with E-state index in [1.807, 2.05) is 0 Å². The third-order valence-corrected chi connectivity index (χ3v) is 4.26. The van der Waals surface area contributed by atoms with Gasteiger partial charge in [0.25, 0.3) is 0 Å². The molecule has 0 saturated carbocycles. The van der Waals surface area contributed by atoms with Crippen LogP contribution in [-0.2, 0) is 6.54 Å². The molecule has 0 unspecified atom stereocenters. The molecule has 0 atom stereocenters. The lowest BCUT2D eigenvalue weighted by Gasteiger charge is -2.25. The lowest BCUT2D eigenvalue weighted by molar-refractivity contribution is 0.232. The van der Waals surface area contributed by atoms with Crippen LogP contribution in [0.5, 0.6) is 0 Å². The molecule has 0 bridgehead atoms. The van der Waals surface area contributed by atoms with Crippen molar-refractivity contribution in [2.75, 3.05) is 26.2 Å². The van der Waals surface area contributed by atoms with Crippen LogP contribution < -0.4 is 5.32 Å². The molecule has 1 saturated heterocycles. The van der Waals surface area contributed by atoms with Crippen LogP contribution in [0, 0.1) is 6.92 Å². The molecule has 1 fully saturated rings. The fraction of sp³-hybridized carbons (Fsp3) is 0.429. The van der Waals surface area contributed by atoms with Gasteiger partial charge in [0.15, 0.2) is 0 Å². The number of rotatable bonds is 3. The molecular weight excluding hydrogens is 256 g/mol. The number of hydrogen-bond donors (Lipinski definition) is 1. The molecule has 100 valence electrons. The maximum atomic E-state index is 4.32. The molecule has 1 aromatic carbocycles. The Labute approximate surface area is 117 Å². The highest BCUT2D eigenvalue weighted by Gasteiger charge is 2.13. The smallest absolute Gasteiger partial charge is 0.147 e. The molecule has 1 aromatic heterocycles. The van der Waals surface area contributed by atoms with Gasteiger partial charge in [-0.05, 0) is 13.0 Å². The maximum absolute atomic E-state index is 4.32. The van der Waals surface area contributed by atoms with Crippen molar-refractivity contribution in [3.63, 3.8) is 0 Å². The molecule has 5 heteroatoms. The summed E-state index contributed by atoms with van der Waals surface area (Å²) in [5.41, 5.74) is 2.43. The van der Waals surface area contributed by atoms with Crippen molar-refractivity contribution in [3.8, 4) is 10.6 Å². The van der Waals surface area contributed by atoms with Gasteiger partial charge >= 0.3 is 0 Å². The van der Waals surface area contributed by atoms with Crippen LogP contribution in [0.15, 0.2) is 24.3 Å². The average molecular weight is 274 g/mol. The number of benzene rings is 1. The van der Waals surface area contributed by atoms with E-state index in [0.717, 1.165) is 42.7 Å². The molecule has 19 heavy (non-hydrogen) atoms. The van der Waals surface area contributed by atoms with Crippen LogP contribution in [0.3, 0.4) is 0 Å². The molecule has 1 aliphatic heterocycles. The molecule has 2 aromatic rings. The first kappa shape index (κ1) is 12.7. The Morgan fingerprint density at radius 1 is 1.26 bits per heavy atom. The van der Waals surface area contributed by atoms with Crippen LogP contribution in [0.1, 0.15) is 10.6 Å². The topological polar surface area (TPSA) is 41.1 Å². The predicted molar refractivity (Wildman–Crippen MR) is 78.2 cm³/mol. The minimum atomic E-state index is 0.922. The molecule has 3 rings (SSSR count). The second-order valence-corrected chi connectivity index (χ2v) is 5.96. The summed E-state index contributed by atoms with van der Waals surface area (Å²) in [7, 11) is 0. The Kier molecular flexibility index (Phi) is 3.87. The third kappa shape index (κ3) is 3.18. The fourth-order valence-corrected chi connectivity index (χ4v) is 3.15. The number of aromatic nitrogens is 2. The Balaban J connectivity index is 1.72. The largest absolute Gasteiger partial charge is 0.314 e. The summed E-state index contributed by atoms with van der Waals surface area (Å²) >= 11 is 1.70. The van der Waals surface area contributed by atoms with E-state index in [2.05, 4.69) is 51.6 Å². The van der Waals surface area contributed by atoms with E-state index >= 15 is 0 Å². The first-order valence-corrected chi connectivity index (χ1v) is 7.45. The predicted octanol–water partition coefficient (Wildman–Crippen LogP) is 1.92. The normalized spacial score (nSPS) is 16.7. The van der Waals surface area contributed by atoms with Crippen molar-refractivity contribution in [3.05, 3.63) is 34.8 Å². The van der Waals surface area contributed by atoms with Crippen molar-refractivity contribution in [2.24, 2.45) is 0 Å². The van der Waals surface area contributed by atoms with Gasteiger partial charge in [-0.25, -0.2) is 0 Å². The maximum Gasteiger partial charge on any atom is 0.147 e. The zero-order valence-electron chi connectivity index (χ0n) is 11.1. The summed E-state index contributed by atoms with van der Waals surface area (Å²) in [5, 5.41) is 14.1. The summed E-state index contributed by atoms with van der Waals surface area (Å²) in [4.78, 5) is 2.43. The Hall–Kier alpha value is -1.30. The molecule has 0 spiro atoms. The van der Waals surface area contributed by atoms with E-state index < -0.39 is 0 Å². The lowest BCUT2D eigenvalue weighted by Crippen LogP contribution is -2.42. The summed E-state index contributed by atoms with van der Waals surface area (Å²) in [6.07, 6.45) is 0. The summed E-state index contributed by atoms with van der Waals surface area (Å²) in [6.45, 7) is 7.36. The van der Waals surface area contributed by atoms with Crippen LogP contribution in [0.4, 0.5) is 0 Å². The molecule has 1 aliphatic rings. The zero-order chi connectivity index (χ0) is 13.1. The van der Waals surface area contributed by atoms with E-state index in [1.54, 1.807) is 11.3 Å². The molecule has 0 radical (unpaired) electrons. The minimum Gasteiger partial charge on any atom is -0.314 e. The average Bonchev–Trinajstić information content (AvgIpc) is 2.88. The second kappa shape index (κ2) is 5.77. The zero-order valence-corrected chi connectivity index (χ0v) is 11.9. The number of nitrogens with zero attached hydrogens (tertiary/aromatic N) is 3. The van der Waals surface area contributed by atoms with E-state index in [-0.39, 0.29) is 0 Å².